The molecule has 2 aromatic heterocycles. The number of hydrogen-bond donors (Lipinski definition) is 0. The molecule has 14 aromatic rings. The Labute approximate surface area is 545 Å². The van der Waals surface area contributed by atoms with Crippen molar-refractivity contribution in [2.45, 2.75) is 57.8 Å². The van der Waals surface area contributed by atoms with Gasteiger partial charge in [-0.25, -0.2) is 0 Å². The summed E-state index contributed by atoms with van der Waals surface area (Å²) in [5, 5.41) is 0. The smallest absolute Gasteiger partial charge is 0.175 e. The summed E-state index contributed by atoms with van der Waals surface area (Å²) < 4.78 is 15.0. The number of rotatable bonds is 12. The average molecular weight is 1200 g/mol. The molecule has 17 rings (SSSR count). The quantitative estimate of drug-likeness (QED) is 0.122. The minimum Gasteiger partial charge on any atom is -0.452 e. The van der Waals surface area contributed by atoms with Crippen LogP contribution in [0.25, 0.3) is 101 Å². The molecule has 0 atom stereocenters. The van der Waals surface area contributed by atoms with E-state index in [1.165, 1.54) is 44.5 Å². The van der Waals surface area contributed by atoms with E-state index in [1.807, 2.05) is 0 Å². The molecule has 0 bridgehead atoms. The van der Waals surface area contributed by atoms with Gasteiger partial charge in [0.2, 0.25) is 0 Å². The molecule has 0 saturated carbocycles. The third-order valence-corrected chi connectivity index (χ3v) is 20.3. The predicted octanol–water partition coefficient (Wildman–Crippen LogP) is 24.7. The van der Waals surface area contributed by atoms with Crippen LogP contribution in [0.4, 0.5) is 34.1 Å². The van der Waals surface area contributed by atoms with Crippen LogP contribution in [0.1, 0.15) is 74.9 Å². The summed E-state index contributed by atoms with van der Waals surface area (Å²) in [7, 11) is 0. The first kappa shape index (κ1) is 55.8. The SMILES string of the molecule is CC1(C)c2ccccc2-c2ccc(N(c3ccc(-c4oc5c(c4-c4ccccc4)C(C)(C)c4c-5oc(-c5ccc(N(c6ccc7c(c6)C(C)(C)c6ccccc6-7)c6ccccc6-c6ccccc6)cc5)c4-c4ccccc4)cc3)c3ccccc3-c3ccccc3)cc21. The number of anilines is 6. The second-order valence-electron chi connectivity index (χ2n) is 26.7. The van der Waals surface area contributed by atoms with Crippen molar-refractivity contribution in [1.29, 1.82) is 0 Å². The fraction of sp³-hybridized carbons (Fsp3) is 0.101. The van der Waals surface area contributed by atoms with Gasteiger partial charge in [0.15, 0.2) is 11.5 Å². The number of benzene rings is 12. The lowest BCUT2D eigenvalue weighted by Gasteiger charge is -2.30. The zero-order valence-corrected chi connectivity index (χ0v) is 53.1. The Morgan fingerprint density at radius 1 is 0.226 bits per heavy atom. The Balaban J connectivity index is 0.798. The molecular formula is C89H68N2O2. The monoisotopic (exact) mass is 1200 g/mol. The van der Waals surface area contributed by atoms with E-state index in [2.05, 4.69) is 355 Å². The Morgan fingerprint density at radius 3 is 0.903 bits per heavy atom. The maximum absolute atomic E-state index is 7.50. The standard InChI is InChI=1S/C89H68N2O2/c1-87(2)73-39-23-19-37-69(73)71-53-51-65(55-75(71)87)90(77-41-25-21-35-67(77)57-27-11-7-12-28-57)63-47-43-61(44-48-63)83-79(59-31-15-9-16-32-59)81-85(92-83)86-82(89(81,5)6)80(60-33-17-10-18-34-60)84(93-86)62-45-49-64(50-46-62)91(78-42-26-22-36-68(78)58-29-13-8-14-30-58)66-52-54-72-70-38-20-24-40-74(70)88(3,4)76(72)56-66/h7-56H,1-6H3. The van der Waals surface area contributed by atoms with Crippen molar-refractivity contribution < 1.29 is 8.83 Å². The summed E-state index contributed by atoms with van der Waals surface area (Å²) in [4.78, 5) is 4.86. The number of fused-ring (bicyclic) bond motifs is 9. The van der Waals surface area contributed by atoms with Gasteiger partial charge in [0.1, 0.15) is 11.5 Å². The van der Waals surface area contributed by atoms with Crippen molar-refractivity contribution >= 4 is 34.1 Å². The van der Waals surface area contributed by atoms with Gasteiger partial charge in [-0.1, -0.05) is 260 Å². The Hall–Kier alpha value is -11.2. The zero-order valence-electron chi connectivity index (χ0n) is 53.1. The predicted molar refractivity (Wildman–Crippen MR) is 386 cm³/mol. The average Bonchev–Trinajstić information content (AvgIpc) is 1.53. The highest BCUT2D eigenvalue weighted by Gasteiger charge is 2.48. The van der Waals surface area contributed by atoms with Crippen LogP contribution in [0.2, 0.25) is 0 Å². The van der Waals surface area contributed by atoms with Crippen LogP contribution in [-0.2, 0) is 16.2 Å². The third-order valence-electron chi connectivity index (χ3n) is 20.3. The van der Waals surface area contributed by atoms with Gasteiger partial charge in [-0.05, 0) is 152 Å². The topological polar surface area (TPSA) is 32.8 Å². The Morgan fingerprint density at radius 2 is 0.527 bits per heavy atom. The normalized spacial score (nSPS) is 14.0. The zero-order chi connectivity index (χ0) is 62.7. The Kier molecular flexibility index (Phi) is 12.9. The first-order valence-electron chi connectivity index (χ1n) is 32.5. The van der Waals surface area contributed by atoms with Gasteiger partial charge >= 0.3 is 0 Å². The van der Waals surface area contributed by atoms with Crippen molar-refractivity contribution in [3.63, 3.8) is 0 Å². The van der Waals surface area contributed by atoms with Crippen molar-refractivity contribution in [3.05, 3.63) is 337 Å². The molecule has 0 saturated heterocycles. The molecule has 4 heteroatoms. The highest BCUT2D eigenvalue weighted by molar-refractivity contribution is 6.00. The van der Waals surface area contributed by atoms with Crippen molar-refractivity contribution in [1.82, 2.24) is 0 Å². The molecule has 4 nitrogen and oxygen atoms in total. The van der Waals surface area contributed by atoms with Gasteiger partial charge < -0.3 is 18.6 Å². The summed E-state index contributed by atoms with van der Waals surface area (Å²) in [6.07, 6.45) is 0. The lowest BCUT2D eigenvalue weighted by atomic mass is 9.76. The molecule has 2 heterocycles. The lowest BCUT2D eigenvalue weighted by Crippen LogP contribution is -2.17. The summed E-state index contributed by atoms with van der Waals surface area (Å²) >= 11 is 0. The van der Waals surface area contributed by atoms with Crippen molar-refractivity contribution in [2.75, 3.05) is 9.80 Å². The first-order valence-corrected chi connectivity index (χ1v) is 32.5. The van der Waals surface area contributed by atoms with E-state index in [4.69, 9.17) is 8.83 Å². The third kappa shape index (κ3) is 8.80. The second kappa shape index (κ2) is 21.5. The van der Waals surface area contributed by atoms with Gasteiger partial charge in [-0.3, -0.25) is 0 Å². The van der Waals surface area contributed by atoms with Crippen LogP contribution < -0.4 is 9.80 Å². The Bertz CT molecular complexity index is 4880. The highest BCUT2D eigenvalue weighted by Crippen LogP contribution is 2.62. The van der Waals surface area contributed by atoms with E-state index < -0.39 is 5.41 Å². The van der Waals surface area contributed by atoms with Gasteiger partial charge in [0.25, 0.3) is 0 Å². The van der Waals surface area contributed by atoms with E-state index in [-0.39, 0.29) is 10.8 Å². The number of hydrogen-bond acceptors (Lipinski definition) is 4. The minimum absolute atomic E-state index is 0.174. The highest BCUT2D eigenvalue weighted by atomic mass is 16.4. The molecule has 12 aromatic carbocycles. The van der Waals surface area contributed by atoms with Crippen LogP contribution in [-0.4, -0.2) is 0 Å². The molecule has 0 N–H and O–H groups in total. The molecule has 0 aliphatic heterocycles. The number of para-hydroxylation sites is 2. The van der Waals surface area contributed by atoms with Crippen LogP contribution in [0.15, 0.2) is 312 Å². The molecule has 3 aliphatic rings. The fourth-order valence-electron chi connectivity index (χ4n) is 15.8. The van der Waals surface area contributed by atoms with Crippen LogP contribution in [0.3, 0.4) is 0 Å². The van der Waals surface area contributed by atoms with Crippen LogP contribution in [0, 0.1) is 0 Å². The molecule has 0 unspecified atom stereocenters. The van der Waals surface area contributed by atoms with E-state index in [0.717, 1.165) is 124 Å². The van der Waals surface area contributed by atoms with Crippen LogP contribution in [0.5, 0.6) is 0 Å². The van der Waals surface area contributed by atoms with Gasteiger partial charge in [0.05, 0.1) is 11.4 Å². The fourth-order valence-corrected chi connectivity index (χ4v) is 15.8. The number of furan rings is 2. The summed E-state index contributed by atoms with van der Waals surface area (Å²) in [6, 6.07) is 110. The molecule has 446 valence electrons. The molecule has 3 aliphatic carbocycles. The number of nitrogens with zero attached hydrogens (tertiary/aromatic N) is 2. The maximum atomic E-state index is 7.50. The molecule has 93 heavy (non-hydrogen) atoms. The van der Waals surface area contributed by atoms with Gasteiger partial charge in [-0.15, -0.1) is 0 Å². The van der Waals surface area contributed by atoms with E-state index in [9.17, 15) is 0 Å². The molecule has 0 spiro atoms. The largest absolute Gasteiger partial charge is 0.452 e. The van der Waals surface area contributed by atoms with E-state index >= 15 is 0 Å². The lowest BCUT2D eigenvalue weighted by molar-refractivity contribution is 0.540. The van der Waals surface area contributed by atoms with E-state index in [1.54, 1.807) is 0 Å². The van der Waals surface area contributed by atoms with Gasteiger partial charge in [-0.2, -0.15) is 0 Å². The summed E-state index contributed by atoms with van der Waals surface area (Å²) in [6.45, 7) is 14.1. The van der Waals surface area contributed by atoms with Crippen molar-refractivity contribution in [3.8, 4) is 101 Å². The maximum Gasteiger partial charge on any atom is 0.175 e. The first-order chi connectivity index (χ1) is 45.4. The molecule has 0 amide bonds. The molecule has 0 radical (unpaired) electrons. The van der Waals surface area contributed by atoms with E-state index in [0.29, 0.717) is 0 Å². The minimum atomic E-state index is -0.553. The molecular weight excluding hydrogens is 1130 g/mol. The van der Waals surface area contributed by atoms with Gasteiger partial charge in [0, 0.05) is 83.5 Å². The molecule has 0 fully saturated rings. The summed E-state index contributed by atoms with van der Waals surface area (Å²) in [5.74, 6) is 3.14. The summed E-state index contributed by atoms with van der Waals surface area (Å²) in [5.41, 5.74) is 29.3. The van der Waals surface area contributed by atoms with Crippen molar-refractivity contribution in [2.24, 2.45) is 0 Å². The second-order valence-corrected chi connectivity index (χ2v) is 26.7. The van der Waals surface area contributed by atoms with Crippen LogP contribution >= 0.6 is 0 Å².